The van der Waals surface area contributed by atoms with Crippen molar-refractivity contribution in [3.8, 4) is 0 Å². The molecule has 0 radical (unpaired) electrons. The Kier molecular flexibility index (Phi) is 2.98. The first kappa shape index (κ1) is 8.43. The molecule has 48 valence electrons. The van der Waals surface area contributed by atoms with Crippen molar-refractivity contribution >= 4 is 37.7 Å². The largest absolute Gasteiger partial charge is 0.388 e. The second kappa shape index (κ2) is 2.82. The second-order valence-electron chi connectivity index (χ2n) is 1.60. The van der Waals surface area contributed by atoms with E-state index in [1.165, 1.54) is 0 Å². The standard InChI is InChI=1S/C4H8Br2N2/c1-3(7)8-4(2,5)6/h1-2H3,(H2,7,8). The van der Waals surface area contributed by atoms with E-state index in [1.807, 2.05) is 6.92 Å². The summed E-state index contributed by atoms with van der Waals surface area (Å²) in [6, 6.07) is 0. The van der Waals surface area contributed by atoms with E-state index < -0.39 is 3.36 Å². The van der Waals surface area contributed by atoms with Gasteiger partial charge in [0.05, 0.1) is 5.84 Å². The molecule has 0 unspecified atom stereocenters. The summed E-state index contributed by atoms with van der Waals surface area (Å²) in [5, 5.41) is 0. The molecule has 0 aliphatic heterocycles. The van der Waals surface area contributed by atoms with Crippen molar-refractivity contribution < 1.29 is 0 Å². The van der Waals surface area contributed by atoms with Crippen molar-refractivity contribution in [2.75, 3.05) is 0 Å². The lowest BCUT2D eigenvalue weighted by Crippen LogP contribution is -2.11. The zero-order valence-electron chi connectivity index (χ0n) is 4.78. The van der Waals surface area contributed by atoms with E-state index in [9.17, 15) is 0 Å². The zero-order chi connectivity index (χ0) is 6.78. The van der Waals surface area contributed by atoms with Gasteiger partial charge in [-0.2, -0.15) is 0 Å². The first-order valence-corrected chi connectivity index (χ1v) is 3.70. The quantitative estimate of drug-likeness (QED) is 0.325. The van der Waals surface area contributed by atoms with Crippen molar-refractivity contribution in [1.82, 2.24) is 0 Å². The number of nitrogens with two attached hydrogens (primary N) is 1. The number of alkyl halides is 2. The third-order valence-corrected chi connectivity index (χ3v) is 0.727. The van der Waals surface area contributed by atoms with E-state index >= 15 is 0 Å². The lowest BCUT2D eigenvalue weighted by atomic mass is 10.7. The Hall–Kier alpha value is 0.430. The minimum atomic E-state index is -0.390. The lowest BCUT2D eigenvalue weighted by Gasteiger charge is -2.06. The van der Waals surface area contributed by atoms with E-state index in [0.29, 0.717) is 5.84 Å². The maximum Gasteiger partial charge on any atom is 0.168 e. The van der Waals surface area contributed by atoms with Gasteiger partial charge in [-0.25, -0.2) is 4.99 Å². The first-order chi connectivity index (χ1) is 3.42. The predicted octanol–water partition coefficient (Wildman–Crippen LogP) is 1.83. The van der Waals surface area contributed by atoms with Crippen LogP contribution in [-0.4, -0.2) is 9.19 Å². The van der Waals surface area contributed by atoms with Crippen LogP contribution in [0.1, 0.15) is 13.8 Å². The molecule has 0 aliphatic rings. The van der Waals surface area contributed by atoms with Crippen molar-refractivity contribution in [1.29, 1.82) is 0 Å². The van der Waals surface area contributed by atoms with Crippen LogP contribution in [0.4, 0.5) is 0 Å². The lowest BCUT2D eigenvalue weighted by molar-refractivity contribution is 1.00. The fraction of sp³-hybridized carbons (Fsp3) is 0.750. The fourth-order valence-corrected chi connectivity index (χ4v) is 0.869. The molecular weight excluding hydrogens is 236 g/mol. The van der Waals surface area contributed by atoms with E-state index in [2.05, 4.69) is 36.9 Å². The minimum absolute atomic E-state index is 0.390. The fourth-order valence-electron chi connectivity index (χ4n) is 0.310. The molecule has 0 fully saturated rings. The highest BCUT2D eigenvalue weighted by Gasteiger charge is 2.10. The van der Waals surface area contributed by atoms with Gasteiger partial charge in [-0.15, -0.1) is 0 Å². The molecule has 0 saturated carbocycles. The third kappa shape index (κ3) is 6.43. The average molecular weight is 244 g/mol. The summed E-state index contributed by atoms with van der Waals surface area (Å²) in [7, 11) is 0. The molecule has 0 saturated heterocycles. The van der Waals surface area contributed by atoms with Gasteiger partial charge in [-0.1, -0.05) is 0 Å². The highest BCUT2D eigenvalue weighted by atomic mass is 79.9. The molecule has 0 aromatic carbocycles. The maximum absolute atomic E-state index is 5.27. The van der Waals surface area contributed by atoms with Crippen LogP contribution in [-0.2, 0) is 0 Å². The molecule has 2 nitrogen and oxygen atoms in total. The molecule has 0 aromatic heterocycles. The average Bonchev–Trinajstić information content (AvgIpc) is 1.21. The second-order valence-corrected chi connectivity index (χ2v) is 5.75. The molecule has 0 aliphatic carbocycles. The zero-order valence-corrected chi connectivity index (χ0v) is 7.95. The van der Waals surface area contributed by atoms with Gasteiger partial charge in [0, 0.05) is 0 Å². The van der Waals surface area contributed by atoms with Crippen molar-refractivity contribution in [2.24, 2.45) is 10.7 Å². The Morgan fingerprint density at radius 1 is 1.62 bits per heavy atom. The molecule has 0 rings (SSSR count). The Bertz CT molecular complexity index is 99.1. The topological polar surface area (TPSA) is 38.4 Å². The van der Waals surface area contributed by atoms with Crippen LogP contribution in [0.5, 0.6) is 0 Å². The van der Waals surface area contributed by atoms with Gasteiger partial charge in [0.15, 0.2) is 3.36 Å². The van der Waals surface area contributed by atoms with Crippen LogP contribution >= 0.6 is 31.9 Å². The number of hydrogen-bond acceptors (Lipinski definition) is 1. The summed E-state index contributed by atoms with van der Waals surface area (Å²) in [4.78, 5) is 3.94. The number of nitrogens with zero attached hydrogens (tertiary/aromatic N) is 1. The summed E-state index contributed by atoms with van der Waals surface area (Å²) in [6.07, 6.45) is 0. The van der Waals surface area contributed by atoms with E-state index in [1.54, 1.807) is 6.92 Å². The minimum Gasteiger partial charge on any atom is -0.388 e. The summed E-state index contributed by atoms with van der Waals surface area (Å²) in [6.45, 7) is 3.59. The summed E-state index contributed by atoms with van der Waals surface area (Å²) in [5.41, 5.74) is 5.27. The molecular formula is C4H8Br2N2. The molecule has 0 spiro atoms. The Morgan fingerprint density at radius 3 is 2.00 bits per heavy atom. The van der Waals surface area contributed by atoms with Crippen LogP contribution in [0.25, 0.3) is 0 Å². The molecule has 0 atom stereocenters. The normalized spacial score (nSPS) is 14.2. The van der Waals surface area contributed by atoms with E-state index in [0.717, 1.165) is 0 Å². The highest BCUT2D eigenvalue weighted by molar-refractivity contribution is 9.25. The molecule has 0 aromatic rings. The van der Waals surface area contributed by atoms with Crippen LogP contribution in [0.2, 0.25) is 0 Å². The van der Waals surface area contributed by atoms with Gasteiger partial charge in [0.25, 0.3) is 0 Å². The van der Waals surface area contributed by atoms with Crippen LogP contribution in [0, 0.1) is 0 Å². The molecule has 4 heteroatoms. The summed E-state index contributed by atoms with van der Waals surface area (Å²) < 4.78 is -0.390. The van der Waals surface area contributed by atoms with Crippen molar-refractivity contribution in [3.05, 3.63) is 0 Å². The number of rotatable bonds is 1. The molecule has 8 heavy (non-hydrogen) atoms. The van der Waals surface area contributed by atoms with E-state index in [4.69, 9.17) is 5.73 Å². The number of halogens is 2. The van der Waals surface area contributed by atoms with Gasteiger partial charge in [-0.05, 0) is 45.7 Å². The van der Waals surface area contributed by atoms with Gasteiger partial charge >= 0.3 is 0 Å². The summed E-state index contributed by atoms with van der Waals surface area (Å²) in [5.74, 6) is 0.557. The van der Waals surface area contributed by atoms with Crippen molar-refractivity contribution in [2.45, 2.75) is 17.2 Å². The molecule has 0 heterocycles. The number of aliphatic imine (C=N–C) groups is 1. The van der Waals surface area contributed by atoms with Crippen LogP contribution in [0.3, 0.4) is 0 Å². The van der Waals surface area contributed by atoms with Crippen LogP contribution < -0.4 is 5.73 Å². The Balaban J connectivity index is 3.89. The van der Waals surface area contributed by atoms with Gasteiger partial charge < -0.3 is 5.73 Å². The Morgan fingerprint density at radius 2 is 2.00 bits per heavy atom. The monoisotopic (exact) mass is 242 g/mol. The number of hydrogen-bond donors (Lipinski definition) is 1. The van der Waals surface area contributed by atoms with Crippen LogP contribution in [0.15, 0.2) is 4.99 Å². The smallest absolute Gasteiger partial charge is 0.168 e. The predicted molar refractivity (Wildman–Crippen MR) is 43.6 cm³/mol. The molecule has 0 amide bonds. The molecule has 2 N–H and O–H groups in total. The molecule has 0 bridgehead atoms. The Labute approximate surface area is 65.8 Å². The van der Waals surface area contributed by atoms with Crippen molar-refractivity contribution in [3.63, 3.8) is 0 Å². The van der Waals surface area contributed by atoms with E-state index in [-0.39, 0.29) is 0 Å². The maximum atomic E-state index is 5.27. The SMILES string of the molecule is C/C(N)=N/C(C)(Br)Br. The number of amidine groups is 1. The van der Waals surface area contributed by atoms with Gasteiger partial charge in [0.1, 0.15) is 0 Å². The summed E-state index contributed by atoms with van der Waals surface area (Å²) >= 11 is 6.46. The highest BCUT2D eigenvalue weighted by Crippen LogP contribution is 2.25. The van der Waals surface area contributed by atoms with Gasteiger partial charge in [0.2, 0.25) is 0 Å². The van der Waals surface area contributed by atoms with Gasteiger partial charge in [-0.3, -0.25) is 0 Å². The first-order valence-electron chi connectivity index (χ1n) is 2.11. The third-order valence-electron chi connectivity index (χ3n) is 0.373.